The van der Waals surface area contributed by atoms with Gasteiger partial charge in [0.2, 0.25) is 5.91 Å². The van der Waals surface area contributed by atoms with Crippen molar-refractivity contribution in [2.75, 3.05) is 20.3 Å². The maximum atomic E-state index is 12.7. The third-order valence-corrected chi connectivity index (χ3v) is 6.50. The minimum absolute atomic E-state index is 0.104. The number of carbonyl (C=O) groups is 1. The zero-order chi connectivity index (χ0) is 28.3. The highest BCUT2D eigenvalue weighted by atomic mass is 16.7. The van der Waals surface area contributed by atoms with Gasteiger partial charge in [-0.05, 0) is 22.3 Å². The lowest BCUT2D eigenvalue weighted by atomic mass is 9.96. The summed E-state index contributed by atoms with van der Waals surface area (Å²) in [5.41, 5.74) is 14.8. The molecule has 3 aromatic rings. The molecule has 0 bridgehead atoms. The number of hydrogen-bond acceptors (Lipinski definition) is 7. The molecule has 1 unspecified atom stereocenters. The van der Waals surface area contributed by atoms with Gasteiger partial charge in [-0.15, -0.1) is 0 Å². The Morgan fingerprint density at radius 3 is 2.15 bits per heavy atom. The standard InChI is InChI=1S/C30H36N4O6/c1-37-19-24-27(36)28(38-17-21-12-14-23(15-13-21)22-10-6-3-7-11-22)26(34-25(35)16-33-30(31)32)29(40-24)39-18-20-8-4-2-5-9-20/h2-15,24,26-29,36H,16-19H2,1H3,(H,34,35)(H4,31,32,33)/t24-,26-,27-,28-,29?/m1/s1. The Labute approximate surface area is 233 Å². The Morgan fingerprint density at radius 2 is 1.50 bits per heavy atom. The van der Waals surface area contributed by atoms with Gasteiger partial charge in [-0.3, -0.25) is 4.79 Å². The molecule has 5 atom stereocenters. The normalized spacial score (nSPS) is 22.4. The van der Waals surface area contributed by atoms with Crippen molar-refractivity contribution in [1.29, 1.82) is 0 Å². The molecular weight excluding hydrogens is 512 g/mol. The van der Waals surface area contributed by atoms with Gasteiger partial charge in [0.25, 0.3) is 0 Å². The molecule has 212 valence electrons. The van der Waals surface area contributed by atoms with Crippen LogP contribution in [-0.2, 0) is 37.0 Å². The Morgan fingerprint density at radius 1 is 0.900 bits per heavy atom. The Kier molecular flexibility index (Phi) is 10.6. The Bertz CT molecular complexity index is 1220. The number of nitrogens with one attached hydrogen (secondary N) is 1. The van der Waals surface area contributed by atoms with Gasteiger partial charge in [-0.2, -0.15) is 0 Å². The van der Waals surface area contributed by atoms with Crippen LogP contribution in [0.25, 0.3) is 11.1 Å². The van der Waals surface area contributed by atoms with Gasteiger partial charge in [0.05, 0.1) is 19.8 Å². The zero-order valence-corrected chi connectivity index (χ0v) is 22.4. The fraction of sp³-hybridized carbons (Fsp3) is 0.333. The van der Waals surface area contributed by atoms with E-state index < -0.39 is 36.6 Å². The summed E-state index contributed by atoms with van der Waals surface area (Å²) in [4.78, 5) is 16.5. The van der Waals surface area contributed by atoms with Crippen LogP contribution in [0.3, 0.4) is 0 Å². The maximum absolute atomic E-state index is 12.7. The molecule has 6 N–H and O–H groups in total. The SMILES string of the molecule is COC[C@H]1OC(OCc2ccccc2)[C@H](NC(=O)CN=C(N)N)[C@@H](OCc2ccc(-c3ccccc3)cc2)[C@@H]1O. The van der Waals surface area contributed by atoms with Crippen LogP contribution in [0, 0.1) is 0 Å². The van der Waals surface area contributed by atoms with Crippen LogP contribution in [0.5, 0.6) is 0 Å². The first-order chi connectivity index (χ1) is 19.4. The van der Waals surface area contributed by atoms with Crippen molar-refractivity contribution in [3.05, 3.63) is 96.1 Å². The van der Waals surface area contributed by atoms with Gasteiger partial charge < -0.3 is 40.8 Å². The fourth-order valence-corrected chi connectivity index (χ4v) is 4.48. The highest BCUT2D eigenvalue weighted by Crippen LogP contribution is 2.27. The van der Waals surface area contributed by atoms with Crippen molar-refractivity contribution >= 4 is 11.9 Å². The number of hydrogen-bond donors (Lipinski definition) is 4. The molecular formula is C30H36N4O6. The average Bonchev–Trinajstić information content (AvgIpc) is 2.98. The van der Waals surface area contributed by atoms with Gasteiger partial charge in [-0.1, -0.05) is 84.9 Å². The van der Waals surface area contributed by atoms with Crippen LogP contribution in [0.4, 0.5) is 0 Å². The number of ether oxygens (including phenoxy) is 4. The summed E-state index contributed by atoms with van der Waals surface area (Å²) in [5.74, 6) is -0.688. The number of amides is 1. The van der Waals surface area contributed by atoms with Crippen LogP contribution >= 0.6 is 0 Å². The highest BCUT2D eigenvalue weighted by Gasteiger charge is 2.47. The zero-order valence-electron chi connectivity index (χ0n) is 22.4. The summed E-state index contributed by atoms with van der Waals surface area (Å²) < 4.78 is 23.7. The topological polar surface area (TPSA) is 151 Å². The lowest BCUT2D eigenvalue weighted by molar-refractivity contribution is -0.282. The molecule has 1 fully saturated rings. The number of nitrogens with two attached hydrogens (primary N) is 2. The molecule has 10 nitrogen and oxygen atoms in total. The van der Waals surface area contributed by atoms with E-state index in [2.05, 4.69) is 10.3 Å². The van der Waals surface area contributed by atoms with Crippen molar-refractivity contribution in [2.24, 2.45) is 16.5 Å². The van der Waals surface area contributed by atoms with Crippen molar-refractivity contribution < 1.29 is 28.8 Å². The first-order valence-electron chi connectivity index (χ1n) is 13.0. The van der Waals surface area contributed by atoms with E-state index in [0.717, 1.165) is 22.3 Å². The third kappa shape index (κ3) is 8.10. The van der Waals surface area contributed by atoms with Crippen LogP contribution in [-0.4, -0.2) is 67.9 Å². The van der Waals surface area contributed by atoms with Crippen molar-refractivity contribution in [2.45, 2.75) is 43.9 Å². The summed E-state index contributed by atoms with van der Waals surface area (Å²) in [6, 6.07) is 26.7. The van der Waals surface area contributed by atoms with E-state index in [9.17, 15) is 9.90 Å². The molecule has 4 rings (SSSR count). The highest BCUT2D eigenvalue weighted by molar-refractivity contribution is 5.83. The van der Waals surface area contributed by atoms with Gasteiger partial charge in [-0.25, -0.2) is 4.99 Å². The van der Waals surface area contributed by atoms with Gasteiger partial charge in [0, 0.05) is 7.11 Å². The molecule has 0 aromatic heterocycles. The van der Waals surface area contributed by atoms with E-state index in [0.29, 0.717) is 0 Å². The summed E-state index contributed by atoms with van der Waals surface area (Å²) >= 11 is 0. The predicted molar refractivity (Wildman–Crippen MR) is 151 cm³/mol. The number of carbonyl (C=O) groups excluding carboxylic acids is 1. The average molecular weight is 549 g/mol. The third-order valence-electron chi connectivity index (χ3n) is 6.50. The van der Waals surface area contributed by atoms with Gasteiger partial charge in [0.1, 0.15) is 30.9 Å². The largest absolute Gasteiger partial charge is 0.388 e. The van der Waals surface area contributed by atoms with E-state index in [1.807, 2.05) is 84.9 Å². The van der Waals surface area contributed by atoms with Crippen LogP contribution in [0.2, 0.25) is 0 Å². The number of aliphatic hydroxyl groups excluding tert-OH is 1. The molecule has 1 heterocycles. The monoisotopic (exact) mass is 548 g/mol. The Hall–Kier alpha value is -3.80. The van der Waals surface area contributed by atoms with E-state index in [1.165, 1.54) is 7.11 Å². The molecule has 0 aliphatic carbocycles. The molecule has 10 heteroatoms. The lowest BCUT2D eigenvalue weighted by Crippen LogP contribution is -2.65. The number of aliphatic hydroxyl groups is 1. The molecule has 3 aromatic carbocycles. The van der Waals surface area contributed by atoms with E-state index >= 15 is 0 Å². The predicted octanol–water partition coefficient (Wildman–Crippen LogP) is 1.95. The minimum Gasteiger partial charge on any atom is -0.388 e. The second kappa shape index (κ2) is 14.5. The van der Waals surface area contributed by atoms with Crippen molar-refractivity contribution in [1.82, 2.24) is 5.32 Å². The molecule has 0 saturated carbocycles. The number of benzene rings is 3. The molecule has 40 heavy (non-hydrogen) atoms. The summed E-state index contributed by atoms with van der Waals surface area (Å²) in [5, 5.41) is 14.1. The number of rotatable bonds is 12. The maximum Gasteiger partial charge on any atom is 0.242 e. The van der Waals surface area contributed by atoms with Crippen LogP contribution < -0.4 is 16.8 Å². The molecule has 1 aliphatic rings. The molecule has 1 aliphatic heterocycles. The first-order valence-corrected chi connectivity index (χ1v) is 13.0. The molecule has 0 spiro atoms. The van der Waals surface area contributed by atoms with E-state index in [-0.39, 0.29) is 32.3 Å². The van der Waals surface area contributed by atoms with E-state index in [1.54, 1.807) is 0 Å². The smallest absolute Gasteiger partial charge is 0.242 e. The fourth-order valence-electron chi connectivity index (χ4n) is 4.48. The Balaban J connectivity index is 1.53. The minimum atomic E-state index is -1.12. The first kappa shape index (κ1) is 29.2. The van der Waals surface area contributed by atoms with Crippen LogP contribution in [0.15, 0.2) is 89.9 Å². The number of guanidine groups is 1. The second-order valence-electron chi connectivity index (χ2n) is 9.46. The second-order valence-corrected chi connectivity index (χ2v) is 9.46. The lowest BCUT2D eigenvalue weighted by Gasteiger charge is -2.44. The number of aliphatic imine (C=N–C) groups is 1. The molecule has 0 radical (unpaired) electrons. The van der Waals surface area contributed by atoms with Crippen LogP contribution in [0.1, 0.15) is 11.1 Å². The van der Waals surface area contributed by atoms with Gasteiger partial charge in [0.15, 0.2) is 12.2 Å². The number of methoxy groups -OCH3 is 1. The summed E-state index contributed by atoms with van der Waals surface area (Å²) in [6.45, 7) is 0.208. The van der Waals surface area contributed by atoms with Gasteiger partial charge >= 0.3 is 0 Å². The summed E-state index contributed by atoms with van der Waals surface area (Å²) in [6.07, 6.45) is -3.69. The quantitative estimate of drug-likeness (QED) is 0.198. The van der Waals surface area contributed by atoms with Crippen molar-refractivity contribution in [3.63, 3.8) is 0 Å². The molecule has 1 saturated heterocycles. The van der Waals surface area contributed by atoms with Crippen molar-refractivity contribution in [3.8, 4) is 11.1 Å². The summed E-state index contributed by atoms with van der Waals surface area (Å²) in [7, 11) is 1.52. The van der Waals surface area contributed by atoms with E-state index in [4.69, 9.17) is 30.4 Å². The molecule has 1 amide bonds. The number of nitrogens with zero attached hydrogens (tertiary/aromatic N) is 1.